The zero-order valence-electron chi connectivity index (χ0n) is 8.19. The number of halogens is 2. The molecule has 0 aliphatic carbocycles. The molecular weight excluding hydrogens is 220 g/mol. The Labute approximate surface area is 88.6 Å². The maximum atomic E-state index is 13.3. The van der Waals surface area contributed by atoms with Crippen LogP contribution in [0.1, 0.15) is 0 Å². The van der Waals surface area contributed by atoms with Crippen LogP contribution in [-0.4, -0.2) is 20.2 Å². The molecule has 0 atom stereocenters. The van der Waals surface area contributed by atoms with Crippen LogP contribution in [-0.2, 0) is 7.05 Å². The van der Waals surface area contributed by atoms with Gasteiger partial charge in [0.2, 0.25) is 0 Å². The zero-order chi connectivity index (χ0) is 11.7. The van der Waals surface area contributed by atoms with E-state index in [1.807, 2.05) is 0 Å². The minimum Gasteiger partial charge on any atom is -0.420 e. The molecule has 2 rings (SSSR count). The lowest BCUT2D eigenvalue weighted by Crippen LogP contribution is -1.99. The normalized spacial score (nSPS) is 10.4. The van der Waals surface area contributed by atoms with Crippen LogP contribution in [0.3, 0.4) is 0 Å². The third-order valence-corrected chi connectivity index (χ3v) is 1.83. The summed E-state index contributed by atoms with van der Waals surface area (Å²) in [6.07, 6.45) is 0. The number of anilines is 1. The van der Waals surface area contributed by atoms with E-state index in [4.69, 9.17) is 10.5 Å². The molecule has 0 aliphatic heterocycles. The summed E-state index contributed by atoms with van der Waals surface area (Å²) >= 11 is 0. The molecule has 0 amide bonds. The van der Waals surface area contributed by atoms with E-state index < -0.39 is 11.6 Å². The highest BCUT2D eigenvalue weighted by atomic mass is 19.1. The van der Waals surface area contributed by atoms with Crippen molar-refractivity contribution in [3.8, 4) is 11.8 Å². The first kappa shape index (κ1) is 10.3. The van der Waals surface area contributed by atoms with E-state index in [0.29, 0.717) is 0 Å². The summed E-state index contributed by atoms with van der Waals surface area (Å²) in [5.41, 5.74) is 4.89. The monoisotopic (exact) mass is 227 g/mol. The molecule has 8 heteroatoms. The minimum absolute atomic E-state index is 0.0527. The van der Waals surface area contributed by atoms with Crippen LogP contribution in [0.15, 0.2) is 12.1 Å². The largest absolute Gasteiger partial charge is 0.420 e. The summed E-state index contributed by atoms with van der Waals surface area (Å²) in [7, 11) is 1.50. The third kappa shape index (κ3) is 1.76. The van der Waals surface area contributed by atoms with E-state index in [0.717, 1.165) is 12.1 Å². The molecule has 2 N–H and O–H groups in total. The average Bonchev–Trinajstić information content (AvgIpc) is 2.61. The first-order chi connectivity index (χ1) is 7.58. The van der Waals surface area contributed by atoms with Gasteiger partial charge in [0.05, 0.1) is 5.69 Å². The van der Waals surface area contributed by atoms with Gasteiger partial charge in [-0.3, -0.25) is 0 Å². The molecule has 16 heavy (non-hydrogen) atoms. The maximum absolute atomic E-state index is 13.3. The first-order valence-corrected chi connectivity index (χ1v) is 4.22. The topological polar surface area (TPSA) is 78.8 Å². The summed E-state index contributed by atoms with van der Waals surface area (Å²) in [5, 5.41) is 10.2. The molecule has 84 valence electrons. The molecule has 2 aromatic rings. The van der Waals surface area contributed by atoms with Gasteiger partial charge in [-0.15, -0.1) is 0 Å². The third-order valence-electron chi connectivity index (χ3n) is 1.83. The van der Waals surface area contributed by atoms with Gasteiger partial charge < -0.3 is 10.5 Å². The van der Waals surface area contributed by atoms with Gasteiger partial charge >= 0.3 is 6.01 Å². The molecule has 0 unspecified atom stereocenters. The Morgan fingerprint density at radius 3 is 2.69 bits per heavy atom. The van der Waals surface area contributed by atoms with E-state index in [1.165, 1.54) is 11.7 Å². The Balaban J connectivity index is 2.35. The summed E-state index contributed by atoms with van der Waals surface area (Å²) in [5.74, 6) is -1.89. The molecule has 0 bridgehead atoms. The lowest BCUT2D eigenvalue weighted by Gasteiger charge is -2.05. The van der Waals surface area contributed by atoms with Crippen molar-refractivity contribution in [2.24, 2.45) is 7.05 Å². The Morgan fingerprint density at radius 1 is 1.31 bits per heavy atom. The van der Waals surface area contributed by atoms with Crippen LogP contribution < -0.4 is 10.5 Å². The fourth-order valence-corrected chi connectivity index (χ4v) is 1.03. The quantitative estimate of drug-likeness (QED) is 0.770. The summed E-state index contributed by atoms with van der Waals surface area (Å²) < 4.78 is 32.5. The molecule has 6 nitrogen and oxygen atoms in total. The van der Waals surface area contributed by atoms with Crippen LogP contribution in [0, 0.1) is 11.6 Å². The van der Waals surface area contributed by atoms with Crippen molar-refractivity contribution >= 4 is 5.69 Å². The molecule has 0 spiro atoms. The molecule has 0 radical (unpaired) electrons. The number of nitrogen functional groups attached to an aromatic ring is 1. The van der Waals surface area contributed by atoms with E-state index in [9.17, 15) is 8.78 Å². The number of nitrogens with two attached hydrogens (primary N) is 1. The number of aromatic nitrogens is 4. The predicted octanol–water partition coefficient (Wildman–Crippen LogP) is 0.863. The van der Waals surface area contributed by atoms with Gasteiger partial charge in [-0.2, -0.15) is 4.68 Å². The second-order valence-corrected chi connectivity index (χ2v) is 2.99. The Morgan fingerprint density at radius 2 is 2.06 bits per heavy atom. The van der Waals surface area contributed by atoms with Gasteiger partial charge in [-0.25, -0.2) is 8.78 Å². The van der Waals surface area contributed by atoms with Crippen molar-refractivity contribution in [2.45, 2.75) is 0 Å². The number of benzene rings is 1. The van der Waals surface area contributed by atoms with Crippen LogP contribution in [0.2, 0.25) is 0 Å². The number of hydrogen-bond donors (Lipinski definition) is 1. The van der Waals surface area contributed by atoms with Gasteiger partial charge in [0, 0.05) is 19.2 Å². The molecule has 1 aromatic heterocycles. The van der Waals surface area contributed by atoms with E-state index >= 15 is 0 Å². The highest BCUT2D eigenvalue weighted by molar-refractivity contribution is 5.45. The Hall–Kier alpha value is -2.25. The van der Waals surface area contributed by atoms with Crippen molar-refractivity contribution in [1.29, 1.82) is 0 Å². The van der Waals surface area contributed by atoms with E-state index in [2.05, 4.69) is 15.5 Å². The molecule has 1 aromatic carbocycles. The van der Waals surface area contributed by atoms with Crippen LogP contribution in [0.5, 0.6) is 11.8 Å². The number of aryl methyl sites for hydroxylation is 1. The number of tetrazole rings is 1. The number of nitrogens with zero attached hydrogens (tertiary/aromatic N) is 4. The van der Waals surface area contributed by atoms with Gasteiger partial charge in [0.1, 0.15) is 5.82 Å². The van der Waals surface area contributed by atoms with Crippen molar-refractivity contribution in [1.82, 2.24) is 20.2 Å². The van der Waals surface area contributed by atoms with Crippen molar-refractivity contribution < 1.29 is 13.5 Å². The van der Waals surface area contributed by atoms with Crippen molar-refractivity contribution in [3.05, 3.63) is 23.8 Å². The maximum Gasteiger partial charge on any atom is 0.340 e. The van der Waals surface area contributed by atoms with Gasteiger partial charge in [-0.05, 0) is 10.4 Å². The van der Waals surface area contributed by atoms with E-state index in [1.54, 1.807) is 0 Å². The summed E-state index contributed by atoms with van der Waals surface area (Å²) in [6.45, 7) is 0. The van der Waals surface area contributed by atoms with E-state index in [-0.39, 0.29) is 17.4 Å². The smallest absolute Gasteiger partial charge is 0.340 e. The van der Waals surface area contributed by atoms with Gasteiger partial charge in [-0.1, -0.05) is 5.10 Å². The fourth-order valence-electron chi connectivity index (χ4n) is 1.03. The Bertz CT molecular complexity index is 527. The number of ether oxygens (including phenoxy) is 1. The van der Waals surface area contributed by atoms with Gasteiger partial charge in [0.25, 0.3) is 0 Å². The predicted molar refractivity (Wildman–Crippen MR) is 49.6 cm³/mol. The van der Waals surface area contributed by atoms with Gasteiger partial charge in [0.15, 0.2) is 11.6 Å². The molecular formula is C8H7F2N5O. The highest BCUT2D eigenvalue weighted by Crippen LogP contribution is 2.26. The molecule has 0 fully saturated rings. The van der Waals surface area contributed by atoms with Crippen LogP contribution >= 0.6 is 0 Å². The number of hydrogen-bond acceptors (Lipinski definition) is 5. The van der Waals surface area contributed by atoms with Crippen molar-refractivity contribution in [2.75, 3.05) is 5.73 Å². The minimum atomic E-state index is -0.790. The fraction of sp³-hybridized carbons (Fsp3) is 0.125. The second kappa shape index (κ2) is 3.72. The molecule has 0 saturated heterocycles. The zero-order valence-corrected chi connectivity index (χ0v) is 8.19. The summed E-state index contributed by atoms with van der Waals surface area (Å²) in [4.78, 5) is 0. The highest BCUT2D eigenvalue weighted by Gasteiger charge is 2.12. The van der Waals surface area contributed by atoms with Crippen LogP contribution in [0.4, 0.5) is 14.5 Å². The van der Waals surface area contributed by atoms with Crippen molar-refractivity contribution in [3.63, 3.8) is 0 Å². The molecule has 0 aliphatic rings. The first-order valence-electron chi connectivity index (χ1n) is 4.22. The number of rotatable bonds is 2. The lowest BCUT2D eigenvalue weighted by atomic mass is 10.3. The lowest BCUT2D eigenvalue weighted by molar-refractivity contribution is 0.387. The average molecular weight is 227 g/mol. The SMILES string of the molecule is Cn1nnnc1Oc1cc(F)c(N)cc1F. The molecule has 1 heterocycles. The standard InChI is InChI=1S/C8H7F2N5O/c1-15-8(12-13-14-15)16-7-3-4(9)6(11)2-5(7)10/h2-3H,11H2,1H3. The molecule has 0 saturated carbocycles. The second-order valence-electron chi connectivity index (χ2n) is 2.99. The summed E-state index contributed by atoms with van der Waals surface area (Å²) in [6, 6.07) is 1.61. The Kier molecular flexibility index (Phi) is 2.39. The van der Waals surface area contributed by atoms with Crippen LogP contribution in [0.25, 0.3) is 0 Å².